The Morgan fingerprint density at radius 1 is 1.12 bits per heavy atom. The number of carbonyl (C=O) groups excluding carboxylic acids is 1. The average Bonchev–Trinajstić information content (AvgIpc) is 3.39. The number of carbonyl (C=O) groups is 1. The third-order valence-electron chi connectivity index (χ3n) is 4.79. The van der Waals surface area contributed by atoms with Gasteiger partial charge in [0.25, 0.3) is 11.5 Å². The average molecular weight is 447 g/mol. The topological polar surface area (TPSA) is 123 Å². The van der Waals surface area contributed by atoms with E-state index in [0.29, 0.717) is 38.8 Å². The van der Waals surface area contributed by atoms with E-state index in [2.05, 4.69) is 30.6 Å². The molecular formula is C21H15ClN8O2. The van der Waals surface area contributed by atoms with Crippen molar-refractivity contribution in [3.8, 4) is 11.4 Å². The molecule has 0 radical (unpaired) electrons. The molecule has 0 aliphatic heterocycles. The van der Waals surface area contributed by atoms with E-state index in [1.165, 1.54) is 22.0 Å². The van der Waals surface area contributed by atoms with Crippen molar-refractivity contribution in [1.82, 2.24) is 34.7 Å². The second-order valence-electron chi connectivity index (χ2n) is 6.90. The molecule has 3 heterocycles. The monoisotopic (exact) mass is 446 g/mol. The molecule has 0 saturated heterocycles. The largest absolute Gasteiger partial charge is 0.319 e. The van der Waals surface area contributed by atoms with Crippen LogP contribution in [0.5, 0.6) is 0 Å². The van der Waals surface area contributed by atoms with Crippen molar-refractivity contribution in [2.24, 2.45) is 0 Å². The summed E-state index contributed by atoms with van der Waals surface area (Å²) in [5.74, 6) is -0.439. The number of halogens is 1. The molecule has 0 spiro atoms. The van der Waals surface area contributed by atoms with Gasteiger partial charge >= 0.3 is 0 Å². The van der Waals surface area contributed by atoms with Crippen LogP contribution < -0.4 is 10.9 Å². The van der Waals surface area contributed by atoms with E-state index in [-0.39, 0.29) is 11.3 Å². The third-order valence-corrected chi connectivity index (χ3v) is 5.02. The van der Waals surface area contributed by atoms with E-state index in [1.807, 2.05) is 0 Å². The lowest BCUT2D eigenvalue weighted by Gasteiger charge is -2.10. The number of aryl methyl sites for hydroxylation is 1. The van der Waals surface area contributed by atoms with Crippen molar-refractivity contribution in [3.05, 3.63) is 87.8 Å². The van der Waals surface area contributed by atoms with Gasteiger partial charge in [-0.25, -0.2) is 9.67 Å². The first-order valence-electron chi connectivity index (χ1n) is 9.53. The van der Waals surface area contributed by atoms with Crippen LogP contribution in [0, 0.1) is 6.92 Å². The van der Waals surface area contributed by atoms with Crippen molar-refractivity contribution >= 4 is 34.2 Å². The minimum absolute atomic E-state index is 0.166. The van der Waals surface area contributed by atoms with E-state index in [1.54, 1.807) is 55.5 Å². The van der Waals surface area contributed by atoms with Gasteiger partial charge < -0.3 is 10.3 Å². The van der Waals surface area contributed by atoms with Crippen LogP contribution in [0.4, 0.5) is 5.69 Å². The fraction of sp³-hybridized carbons (Fsp3) is 0.0476. The van der Waals surface area contributed by atoms with Crippen LogP contribution in [-0.4, -0.2) is 40.6 Å². The summed E-state index contributed by atoms with van der Waals surface area (Å²) in [6, 6.07) is 14.1. The Balaban J connectivity index is 1.50. The molecule has 0 saturated carbocycles. The maximum absolute atomic E-state index is 13.0. The van der Waals surface area contributed by atoms with Crippen LogP contribution in [0.15, 0.2) is 65.8 Å². The second kappa shape index (κ2) is 7.75. The maximum atomic E-state index is 13.0. The summed E-state index contributed by atoms with van der Waals surface area (Å²) in [4.78, 5) is 33.1. The summed E-state index contributed by atoms with van der Waals surface area (Å²) in [5.41, 5.74) is 2.36. The molecule has 32 heavy (non-hydrogen) atoms. The summed E-state index contributed by atoms with van der Waals surface area (Å²) in [6.45, 7) is 1.70. The van der Waals surface area contributed by atoms with Gasteiger partial charge in [0.15, 0.2) is 11.3 Å². The maximum Gasteiger partial charge on any atom is 0.278 e. The Morgan fingerprint density at radius 3 is 2.81 bits per heavy atom. The number of aromatic nitrogens is 7. The van der Waals surface area contributed by atoms with Crippen LogP contribution >= 0.6 is 11.6 Å². The first kappa shape index (κ1) is 19.6. The van der Waals surface area contributed by atoms with Crippen LogP contribution in [0.25, 0.3) is 22.4 Å². The highest BCUT2D eigenvalue weighted by molar-refractivity contribution is 6.30. The van der Waals surface area contributed by atoms with Crippen LogP contribution in [0.3, 0.4) is 0 Å². The second-order valence-corrected chi connectivity index (χ2v) is 7.34. The molecule has 5 rings (SSSR count). The molecule has 2 aromatic carbocycles. The number of amides is 1. The van der Waals surface area contributed by atoms with E-state index in [0.717, 1.165) is 0 Å². The van der Waals surface area contributed by atoms with Gasteiger partial charge in [-0.15, -0.1) is 5.10 Å². The Kier molecular flexibility index (Phi) is 4.75. The van der Waals surface area contributed by atoms with Gasteiger partial charge in [-0.3, -0.25) is 9.59 Å². The molecule has 11 heteroatoms. The van der Waals surface area contributed by atoms with E-state index < -0.39 is 5.91 Å². The van der Waals surface area contributed by atoms with Crippen molar-refractivity contribution in [2.75, 3.05) is 5.32 Å². The smallest absolute Gasteiger partial charge is 0.278 e. The highest BCUT2D eigenvalue weighted by atomic mass is 35.5. The summed E-state index contributed by atoms with van der Waals surface area (Å²) >= 11 is 6.05. The first-order valence-corrected chi connectivity index (χ1v) is 9.91. The number of aromatic amines is 1. The molecule has 158 valence electrons. The molecule has 1 amide bonds. The number of nitrogens with one attached hydrogen (secondary N) is 2. The lowest BCUT2D eigenvalue weighted by Crippen LogP contribution is -2.16. The highest BCUT2D eigenvalue weighted by Crippen LogP contribution is 2.23. The Labute approximate surface area is 185 Å². The van der Waals surface area contributed by atoms with E-state index in [9.17, 15) is 9.59 Å². The van der Waals surface area contributed by atoms with Crippen LogP contribution in [-0.2, 0) is 0 Å². The number of nitrogens with zero attached hydrogens (tertiary/aromatic N) is 6. The SMILES string of the molecule is Cc1nn(-c2cccc(Cl)c2)nc1C(=O)Nc1ccccc1-n1ncc2c(=O)[nH]cnc21. The summed E-state index contributed by atoms with van der Waals surface area (Å²) in [5, 5.41) is 16.7. The molecule has 0 aliphatic rings. The zero-order valence-electron chi connectivity index (χ0n) is 16.7. The molecule has 10 nitrogen and oxygen atoms in total. The normalized spacial score (nSPS) is 11.1. The van der Waals surface area contributed by atoms with Crippen LogP contribution in [0.1, 0.15) is 16.2 Å². The lowest BCUT2D eigenvalue weighted by molar-refractivity contribution is 0.102. The number of benzene rings is 2. The van der Waals surface area contributed by atoms with Crippen molar-refractivity contribution in [2.45, 2.75) is 6.92 Å². The molecule has 3 aromatic heterocycles. The van der Waals surface area contributed by atoms with Crippen molar-refractivity contribution in [1.29, 1.82) is 0 Å². The van der Waals surface area contributed by atoms with Crippen LogP contribution in [0.2, 0.25) is 5.02 Å². The van der Waals surface area contributed by atoms with Gasteiger partial charge in [-0.05, 0) is 37.3 Å². The van der Waals surface area contributed by atoms with Gasteiger partial charge in [0.2, 0.25) is 0 Å². The Hall–Kier alpha value is -4.31. The van der Waals surface area contributed by atoms with E-state index in [4.69, 9.17) is 11.6 Å². The predicted octanol–water partition coefficient (Wildman–Crippen LogP) is 2.90. The number of anilines is 1. The third kappa shape index (κ3) is 3.42. The minimum Gasteiger partial charge on any atom is -0.319 e. The van der Waals surface area contributed by atoms with Gasteiger partial charge in [0.05, 0.1) is 35.3 Å². The number of H-pyrrole nitrogens is 1. The molecule has 2 N–H and O–H groups in total. The summed E-state index contributed by atoms with van der Waals surface area (Å²) < 4.78 is 1.50. The predicted molar refractivity (Wildman–Crippen MR) is 119 cm³/mol. The zero-order valence-corrected chi connectivity index (χ0v) is 17.4. The molecular weight excluding hydrogens is 432 g/mol. The highest BCUT2D eigenvalue weighted by Gasteiger charge is 2.19. The number of hydrogen-bond donors (Lipinski definition) is 2. The molecule has 0 atom stereocenters. The van der Waals surface area contributed by atoms with Crippen molar-refractivity contribution in [3.63, 3.8) is 0 Å². The quantitative estimate of drug-likeness (QED) is 0.437. The Morgan fingerprint density at radius 2 is 1.97 bits per heavy atom. The Bertz CT molecular complexity index is 1530. The fourth-order valence-electron chi connectivity index (χ4n) is 3.28. The molecule has 0 unspecified atom stereocenters. The van der Waals surface area contributed by atoms with Gasteiger partial charge in [0.1, 0.15) is 5.39 Å². The molecule has 5 aromatic rings. The molecule has 0 bridgehead atoms. The first-order chi connectivity index (χ1) is 15.5. The number of fused-ring (bicyclic) bond motifs is 1. The number of rotatable bonds is 4. The zero-order chi connectivity index (χ0) is 22.2. The summed E-state index contributed by atoms with van der Waals surface area (Å²) in [7, 11) is 0. The minimum atomic E-state index is -0.439. The lowest BCUT2D eigenvalue weighted by atomic mass is 10.2. The fourth-order valence-corrected chi connectivity index (χ4v) is 3.47. The van der Waals surface area contributed by atoms with Gasteiger partial charge in [-0.1, -0.05) is 29.8 Å². The molecule has 0 aliphatic carbocycles. The number of hydrogen-bond acceptors (Lipinski definition) is 6. The van der Waals surface area contributed by atoms with Crippen molar-refractivity contribution < 1.29 is 4.79 Å². The van der Waals surface area contributed by atoms with Gasteiger partial charge in [0, 0.05) is 5.02 Å². The molecule has 0 fully saturated rings. The van der Waals surface area contributed by atoms with E-state index >= 15 is 0 Å². The van der Waals surface area contributed by atoms with Gasteiger partial charge in [-0.2, -0.15) is 15.0 Å². The number of para-hydroxylation sites is 2. The standard InChI is InChI=1S/C21H15ClN8O2/c1-12-18(28-30(27-12)14-6-4-5-13(22)9-14)21(32)26-16-7-2-3-8-17(16)29-19-15(10-25-29)20(31)24-11-23-19/h2-11H,1H3,(H,26,32)(H,23,24,31). The summed E-state index contributed by atoms with van der Waals surface area (Å²) in [6.07, 6.45) is 2.74.